The second kappa shape index (κ2) is 5.74. The number of urea groups is 1. The van der Waals surface area contributed by atoms with E-state index < -0.39 is 0 Å². The predicted molar refractivity (Wildman–Crippen MR) is 69.0 cm³/mol. The Bertz CT molecular complexity index is 512. The number of carbonyl (C=O) groups excluding carboxylic acids is 1. The van der Waals surface area contributed by atoms with Crippen LogP contribution in [0.5, 0.6) is 0 Å². The third-order valence-corrected chi connectivity index (χ3v) is 2.24. The van der Waals surface area contributed by atoms with Crippen LogP contribution in [0.25, 0.3) is 0 Å². The van der Waals surface area contributed by atoms with Gasteiger partial charge in [0.1, 0.15) is 0 Å². The topological polar surface area (TPSA) is 92.9 Å². The van der Waals surface area contributed by atoms with E-state index in [1.807, 2.05) is 12.1 Å². The number of nitrogens with one attached hydrogen (secondary N) is 2. The molecule has 0 spiro atoms. The lowest BCUT2D eigenvalue weighted by atomic mass is 10.2. The number of nitrogens with zero attached hydrogens (tertiary/aromatic N) is 2. The number of hydrogen-bond donors (Lipinski definition) is 3. The van der Waals surface area contributed by atoms with Crippen molar-refractivity contribution < 1.29 is 4.79 Å². The molecule has 1 aromatic heterocycles. The van der Waals surface area contributed by atoms with Crippen LogP contribution in [0.1, 0.15) is 5.56 Å². The third kappa shape index (κ3) is 3.26. The van der Waals surface area contributed by atoms with Crippen molar-refractivity contribution in [2.24, 2.45) is 5.73 Å². The van der Waals surface area contributed by atoms with Crippen molar-refractivity contribution in [3.63, 3.8) is 0 Å². The highest BCUT2D eigenvalue weighted by molar-refractivity contribution is 5.98. The maximum absolute atomic E-state index is 11.6. The minimum Gasteiger partial charge on any atom is -0.326 e. The zero-order chi connectivity index (χ0) is 12.8. The lowest BCUT2D eigenvalue weighted by Crippen LogP contribution is -2.20. The lowest BCUT2D eigenvalue weighted by Gasteiger charge is -2.06. The minimum absolute atomic E-state index is 0.258. The van der Waals surface area contributed by atoms with Gasteiger partial charge in [0.15, 0.2) is 0 Å². The first-order valence-electron chi connectivity index (χ1n) is 5.42. The van der Waals surface area contributed by atoms with Gasteiger partial charge in [0.2, 0.25) is 5.95 Å². The van der Waals surface area contributed by atoms with Crippen molar-refractivity contribution in [2.75, 3.05) is 10.6 Å². The van der Waals surface area contributed by atoms with E-state index in [1.54, 1.807) is 30.6 Å². The Morgan fingerprint density at radius 2 is 1.78 bits per heavy atom. The Hall–Kier alpha value is -2.47. The SMILES string of the molecule is NCc1ccc(NC(=O)Nc2ncccn2)cc1. The van der Waals surface area contributed by atoms with Gasteiger partial charge in [-0.3, -0.25) is 5.32 Å². The number of nitrogens with two attached hydrogens (primary N) is 1. The summed E-state index contributed by atoms with van der Waals surface area (Å²) in [5.74, 6) is 0.258. The fourth-order valence-electron chi connectivity index (χ4n) is 1.35. The molecule has 0 bridgehead atoms. The largest absolute Gasteiger partial charge is 0.326 e. The highest BCUT2D eigenvalue weighted by Crippen LogP contribution is 2.09. The molecule has 0 aliphatic rings. The number of benzene rings is 1. The molecule has 6 nitrogen and oxygen atoms in total. The molecule has 0 unspecified atom stereocenters. The van der Waals surface area contributed by atoms with E-state index in [4.69, 9.17) is 5.73 Å². The number of carbonyl (C=O) groups is 1. The summed E-state index contributed by atoms with van der Waals surface area (Å²) in [5.41, 5.74) is 7.18. The van der Waals surface area contributed by atoms with Crippen molar-refractivity contribution in [2.45, 2.75) is 6.54 Å². The van der Waals surface area contributed by atoms with E-state index in [2.05, 4.69) is 20.6 Å². The van der Waals surface area contributed by atoms with E-state index in [0.717, 1.165) is 5.56 Å². The van der Waals surface area contributed by atoms with Gasteiger partial charge in [0, 0.05) is 24.6 Å². The van der Waals surface area contributed by atoms with Crippen LogP contribution in [0.4, 0.5) is 16.4 Å². The summed E-state index contributed by atoms with van der Waals surface area (Å²) in [6.45, 7) is 0.477. The molecule has 0 saturated carbocycles. The summed E-state index contributed by atoms with van der Waals surface area (Å²) in [4.78, 5) is 19.4. The van der Waals surface area contributed by atoms with E-state index in [0.29, 0.717) is 12.2 Å². The van der Waals surface area contributed by atoms with Crippen LogP contribution in [0.15, 0.2) is 42.7 Å². The molecule has 0 saturated heterocycles. The molecular weight excluding hydrogens is 230 g/mol. The van der Waals surface area contributed by atoms with Crippen LogP contribution in [-0.4, -0.2) is 16.0 Å². The van der Waals surface area contributed by atoms with Gasteiger partial charge in [-0.15, -0.1) is 0 Å². The van der Waals surface area contributed by atoms with Crippen LogP contribution < -0.4 is 16.4 Å². The fraction of sp³-hybridized carbons (Fsp3) is 0.0833. The second-order valence-electron chi connectivity index (χ2n) is 3.55. The summed E-state index contributed by atoms with van der Waals surface area (Å²) >= 11 is 0. The molecule has 2 rings (SSSR count). The maximum atomic E-state index is 11.6. The molecule has 4 N–H and O–H groups in total. The molecule has 0 radical (unpaired) electrons. The van der Waals surface area contributed by atoms with Gasteiger partial charge in [-0.1, -0.05) is 12.1 Å². The summed E-state index contributed by atoms with van der Waals surface area (Å²) in [5, 5.41) is 5.19. The molecule has 1 aromatic carbocycles. The zero-order valence-electron chi connectivity index (χ0n) is 9.63. The normalized spacial score (nSPS) is 9.83. The maximum Gasteiger partial charge on any atom is 0.326 e. The van der Waals surface area contributed by atoms with Crippen molar-refractivity contribution >= 4 is 17.7 Å². The van der Waals surface area contributed by atoms with Crippen molar-refractivity contribution in [3.05, 3.63) is 48.3 Å². The highest BCUT2D eigenvalue weighted by atomic mass is 16.2. The van der Waals surface area contributed by atoms with Gasteiger partial charge in [0.25, 0.3) is 0 Å². The zero-order valence-corrected chi connectivity index (χ0v) is 9.63. The van der Waals surface area contributed by atoms with Crippen LogP contribution in [0.3, 0.4) is 0 Å². The predicted octanol–water partition coefficient (Wildman–Crippen LogP) is 1.58. The minimum atomic E-state index is -0.387. The molecular formula is C12H13N5O. The molecule has 6 heteroatoms. The summed E-state index contributed by atoms with van der Waals surface area (Å²) < 4.78 is 0. The number of anilines is 2. The molecule has 0 aliphatic heterocycles. The van der Waals surface area contributed by atoms with E-state index in [-0.39, 0.29) is 12.0 Å². The van der Waals surface area contributed by atoms with E-state index >= 15 is 0 Å². The smallest absolute Gasteiger partial charge is 0.326 e. The van der Waals surface area contributed by atoms with Crippen LogP contribution in [0, 0.1) is 0 Å². The standard InChI is InChI=1S/C12H13N5O/c13-8-9-2-4-10(5-3-9)16-12(18)17-11-14-6-1-7-15-11/h1-7H,8,13H2,(H2,14,15,16,17,18). The first kappa shape index (κ1) is 12.0. The molecule has 92 valence electrons. The Morgan fingerprint density at radius 3 is 2.39 bits per heavy atom. The van der Waals surface area contributed by atoms with Gasteiger partial charge in [-0.05, 0) is 23.8 Å². The number of aromatic nitrogens is 2. The van der Waals surface area contributed by atoms with Gasteiger partial charge in [0.05, 0.1) is 0 Å². The third-order valence-electron chi connectivity index (χ3n) is 2.24. The van der Waals surface area contributed by atoms with Gasteiger partial charge >= 0.3 is 6.03 Å². The first-order valence-corrected chi connectivity index (χ1v) is 5.42. The fourth-order valence-corrected chi connectivity index (χ4v) is 1.35. The van der Waals surface area contributed by atoms with Crippen molar-refractivity contribution in [1.29, 1.82) is 0 Å². The quantitative estimate of drug-likeness (QED) is 0.763. The number of hydrogen-bond acceptors (Lipinski definition) is 4. The molecule has 0 fully saturated rings. The van der Waals surface area contributed by atoms with E-state index in [1.165, 1.54) is 0 Å². The van der Waals surface area contributed by atoms with E-state index in [9.17, 15) is 4.79 Å². The average Bonchev–Trinajstić information content (AvgIpc) is 2.40. The Kier molecular flexibility index (Phi) is 3.83. The number of amides is 2. The molecule has 2 amide bonds. The number of rotatable bonds is 3. The van der Waals surface area contributed by atoms with Gasteiger partial charge < -0.3 is 11.1 Å². The summed E-state index contributed by atoms with van der Waals surface area (Å²) in [6.07, 6.45) is 3.11. The Balaban J connectivity index is 1.94. The molecule has 0 atom stereocenters. The van der Waals surface area contributed by atoms with Crippen molar-refractivity contribution in [1.82, 2.24) is 9.97 Å². The van der Waals surface area contributed by atoms with Crippen LogP contribution >= 0.6 is 0 Å². The van der Waals surface area contributed by atoms with Crippen LogP contribution in [-0.2, 0) is 6.54 Å². The molecule has 18 heavy (non-hydrogen) atoms. The lowest BCUT2D eigenvalue weighted by molar-refractivity contribution is 0.262. The molecule has 2 aromatic rings. The summed E-state index contributed by atoms with van der Waals surface area (Å²) in [7, 11) is 0. The first-order chi connectivity index (χ1) is 8.78. The average molecular weight is 243 g/mol. The Labute approximate surface area is 104 Å². The highest BCUT2D eigenvalue weighted by Gasteiger charge is 2.03. The van der Waals surface area contributed by atoms with Crippen LogP contribution in [0.2, 0.25) is 0 Å². The van der Waals surface area contributed by atoms with Gasteiger partial charge in [-0.25, -0.2) is 14.8 Å². The van der Waals surface area contributed by atoms with Crippen molar-refractivity contribution in [3.8, 4) is 0 Å². The Morgan fingerprint density at radius 1 is 1.11 bits per heavy atom. The second-order valence-corrected chi connectivity index (χ2v) is 3.55. The molecule has 0 aliphatic carbocycles. The molecule has 1 heterocycles. The monoisotopic (exact) mass is 243 g/mol. The van der Waals surface area contributed by atoms with Gasteiger partial charge in [-0.2, -0.15) is 0 Å². The summed E-state index contributed by atoms with van der Waals surface area (Å²) in [6, 6.07) is 8.57.